The van der Waals surface area contributed by atoms with E-state index in [1.165, 1.54) is 17.5 Å². The van der Waals surface area contributed by atoms with Crippen LogP contribution < -0.4 is 5.32 Å². The predicted molar refractivity (Wildman–Crippen MR) is 129 cm³/mol. The summed E-state index contributed by atoms with van der Waals surface area (Å²) in [6.45, 7) is 7.24. The molecule has 8 heteroatoms. The number of aliphatic hydroxyl groups is 1. The average molecular weight is 466 g/mol. The molecule has 182 valence electrons. The van der Waals surface area contributed by atoms with Gasteiger partial charge in [0.25, 0.3) is 5.91 Å². The average Bonchev–Trinajstić information content (AvgIpc) is 2.83. The molecule has 1 aromatic carbocycles. The van der Waals surface area contributed by atoms with Gasteiger partial charge in [0.1, 0.15) is 12.0 Å². The lowest BCUT2D eigenvalue weighted by Crippen LogP contribution is -2.49. The Morgan fingerprint density at radius 2 is 1.88 bits per heavy atom. The second kappa shape index (κ2) is 10.6. The Kier molecular flexibility index (Phi) is 7.58. The molecule has 0 aliphatic carbocycles. The van der Waals surface area contributed by atoms with Crippen LogP contribution in [0.2, 0.25) is 0 Å². The number of fused-ring (bicyclic) bond motifs is 1. The van der Waals surface area contributed by atoms with Crippen LogP contribution in [-0.2, 0) is 24.2 Å². The number of hydrogen-bond donors (Lipinski definition) is 2. The van der Waals surface area contributed by atoms with E-state index < -0.39 is 5.60 Å². The maximum absolute atomic E-state index is 12.7. The summed E-state index contributed by atoms with van der Waals surface area (Å²) in [7, 11) is 0. The summed E-state index contributed by atoms with van der Waals surface area (Å²) in [6, 6.07) is 10.2. The Hall–Kier alpha value is -2.84. The first-order valence-electron chi connectivity index (χ1n) is 12.2. The highest BCUT2D eigenvalue weighted by molar-refractivity contribution is 5.92. The Morgan fingerprint density at radius 3 is 2.62 bits per heavy atom. The number of rotatable bonds is 7. The number of hydrogen-bond acceptors (Lipinski definition) is 6. The van der Waals surface area contributed by atoms with Crippen molar-refractivity contribution in [2.24, 2.45) is 5.92 Å². The van der Waals surface area contributed by atoms with Gasteiger partial charge in [0, 0.05) is 51.9 Å². The quantitative estimate of drug-likeness (QED) is 0.647. The van der Waals surface area contributed by atoms with Crippen molar-refractivity contribution in [3.05, 3.63) is 59.2 Å². The maximum Gasteiger partial charge on any atom is 0.270 e. The highest BCUT2D eigenvalue weighted by atomic mass is 16.3. The SMILES string of the molecule is CC(=O)N1CCC(Cc2cc(C(=O)NCC(C)(O)CN3CCc4ccccc4C3)ncn2)CC1. The van der Waals surface area contributed by atoms with Gasteiger partial charge in [-0.3, -0.25) is 14.5 Å². The van der Waals surface area contributed by atoms with E-state index >= 15 is 0 Å². The van der Waals surface area contributed by atoms with Crippen molar-refractivity contribution >= 4 is 11.8 Å². The summed E-state index contributed by atoms with van der Waals surface area (Å²) >= 11 is 0. The van der Waals surface area contributed by atoms with Gasteiger partial charge in [-0.15, -0.1) is 0 Å². The molecule has 0 bridgehead atoms. The smallest absolute Gasteiger partial charge is 0.270 e. The molecule has 2 aliphatic rings. The van der Waals surface area contributed by atoms with Gasteiger partial charge >= 0.3 is 0 Å². The fourth-order valence-corrected chi connectivity index (χ4v) is 4.97. The zero-order valence-corrected chi connectivity index (χ0v) is 20.2. The van der Waals surface area contributed by atoms with Gasteiger partial charge < -0.3 is 15.3 Å². The zero-order valence-electron chi connectivity index (χ0n) is 20.2. The van der Waals surface area contributed by atoms with Gasteiger partial charge in [0.2, 0.25) is 5.91 Å². The molecule has 1 unspecified atom stereocenters. The molecule has 8 nitrogen and oxygen atoms in total. The monoisotopic (exact) mass is 465 g/mol. The van der Waals surface area contributed by atoms with E-state index in [2.05, 4.69) is 38.4 Å². The van der Waals surface area contributed by atoms with Crippen molar-refractivity contribution in [1.29, 1.82) is 0 Å². The number of carbonyl (C=O) groups excluding carboxylic acids is 2. The normalized spacial score (nSPS) is 18.7. The molecule has 2 aliphatic heterocycles. The van der Waals surface area contributed by atoms with Crippen molar-refractivity contribution < 1.29 is 14.7 Å². The fourth-order valence-electron chi connectivity index (χ4n) is 4.97. The summed E-state index contributed by atoms with van der Waals surface area (Å²) in [5.41, 5.74) is 2.77. The molecule has 3 heterocycles. The molecular weight excluding hydrogens is 430 g/mol. The molecule has 2 aromatic rings. The molecule has 1 fully saturated rings. The van der Waals surface area contributed by atoms with Crippen molar-refractivity contribution in [2.45, 2.75) is 51.7 Å². The Balaban J connectivity index is 1.27. The largest absolute Gasteiger partial charge is 0.387 e. The fraction of sp³-hybridized carbons (Fsp3) is 0.538. The molecule has 0 saturated carbocycles. The zero-order chi connectivity index (χ0) is 24.1. The molecule has 1 saturated heterocycles. The Morgan fingerprint density at radius 1 is 1.15 bits per heavy atom. The minimum Gasteiger partial charge on any atom is -0.387 e. The number of amides is 2. The highest BCUT2D eigenvalue weighted by Gasteiger charge is 2.27. The first-order chi connectivity index (χ1) is 16.3. The summed E-state index contributed by atoms with van der Waals surface area (Å²) in [6.07, 6.45) is 5.04. The van der Waals surface area contributed by atoms with Crippen LogP contribution in [0.5, 0.6) is 0 Å². The van der Waals surface area contributed by atoms with E-state index in [0.29, 0.717) is 18.2 Å². The molecule has 1 aromatic heterocycles. The van der Waals surface area contributed by atoms with Gasteiger partial charge in [-0.25, -0.2) is 9.97 Å². The van der Waals surface area contributed by atoms with Crippen LogP contribution in [0.4, 0.5) is 0 Å². The van der Waals surface area contributed by atoms with Crippen LogP contribution in [0.3, 0.4) is 0 Å². The van der Waals surface area contributed by atoms with Crippen LogP contribution >= 0.6 is 0 Å². The third-order valence-electron chi connectivity index (χ3n) is 6.92. The maximum atomic E-state index is 12.7. The number of nitrogens with one attached hydrogen (secondary N) is 1. The van der Waals surface area contributed by atoms with E-state index in [-0.39, 0.29) is 18.4 Å². The lowest BCUT2D eigenvalue weighted by molar-refractivity contribution is -0.130. The van der Waals surface area contributed by atoms with Crippen molar-refractivity contribution in [1.82, 2.24) is 25.1 Å². The molecule has 2 amide bonds. The Bertz CT molecular complexity index is 1020. The first kappa shape index (κ1) is 24.3. The third kappa shape index (κ3) is 6.39. The molecular formula is C26H35N5O3. The number of aromatic nitrogens is 2. The second-order valence-electron chi connectivity index (χ2n) is 9.96. The first-order valence-corrected chi connectivity index (χ1v) is 12.2. The summed E-state index contributed by atoms with van der Waals surface area (Å²) < 4.78 is 0. The van der Waals surface area contributed by atoms with Crippen molar-refractivity contribution in [3.63, 3.8) is 0 Å². The minimum atomic E-state index is -1.05. The molecule has 34 heavy (non-hydrogen) atoms. The number of likely N-dealkylation sites (tertiary alicyclic amines) is 1. The minimum absolute atomic E-state index is 0.125. The van der Waals surface area contributed by atoms with Crippen LogP contribution in [0, 0.1) is 5.92 Å². The van der Waals surface area contributed by atoms with Crippen LogP contribution in [0.15, 0.2) is 36.7 Å². The number of benzene rings is 1. The van der Waals surface area contributed by atoms with E-state index in [1.54, 1.807) is 19.9 Å². The molecule has 0 spiro atoms. The van der Waals surface area contributed by atoms with Crippen molar-refractivity contribution in [2.75, 3.05) is 32.7 Å². The topological polar surface area (TPSA) is 98.7 Å². The van der Waals surface area contributed by atoms with Gasteiger partial charge in [0.15, 0.2) is 0 Å². The lowest BCUT2D eigenvalue weighted by atomic mass is 9.92. The van der Waals surface area contributed by atoms with Crippen LogP contribution in [0.1, 0.15) is 54.0 Å². The summed E-state index contributed by atoms with van der Waals surface area (Å²) in [5.74, 6) is 0.261. The van der Waals surface area contributed by atoms with Gasteiger partial charge in [-0.2, -0.15) is 0 Å². The van der Waals surface area contributed by atoms with Gasteiger partial charge in [0.05, 0.1) is 5.60 Å². The Labute approximate surface area is 201 Å². The summed E-state index contributed by atoms with van der Waals surface area (Å²) in [5, 5.41) is 13.8. The lowest BCUT2D eigenvalue weighted by Gasteiger charge is -2.34. The van der Waals surface area contributed by atoms with Crippen LogP contribution in [0.25, 0.3) is 0 Å². The predicted octanol–water partition coefficient (Wildman–Crippen LogP) is 1.82. The second-order valence-corrected chi connectivity index (χ2v) is 9.96. The van der Waals surface area contributed by atoms with Gasteiger partial charge in [-0.1, -0.05) is 24.3 Å². The third-order valence-corrected chi connectivity index (χ3v) is 6.92. The molecule has 2 N–H and O–H groups in total. The van der Waals surface area contributed by atoms with Crippen LogP contribution in [-0.4, -0.2) is 75.0 Å². The number of nitrogens with zero attached hydrogens (tertiary/aromatic N) is 4. The van der Waals surface area contributed by atoms with E-state index in [4.69, 9.17) is 0 Å². The van der Waals surface area contributed by atoms with E-state index in [0.717, 1.165) is 57.6 Å². The standard InChI is InChI=1S/C26H35N5O3/c1-19(32)31-11-7-20(8-12-31)13-23-14-24(29-18-28-23)25(33)27-16-26(2,34)17-30-10-9-21-5-3-4-6-22(21)15-30/h3-6,14,18,20,34H,7-13,15-17H2,1-2H3,(H,27,33). The number of piperidine rings is 1. The van der Waals surface area contributed by atoms with E-state index in [1.807, 2.05) is 11.0 Å². The molecule has 1 atom stereocenters. The highest BCUT2D eigenvalue weighted by Crippen LogP contribution is 2.22. The number of β-amino-alcohol motifs (C(OH)–C–C–N with tert-alkyl or cyclic N) is 1. The van der Waals surface area contributed by atoms with Gasteiger partial charge in [-0.05, 0) is 55.7 Å². The summed E-state index contributed by atoms with van der Waals surface area (Å²) in [4.78, 5) is 36.9. The number of carbonyl (C=O) groups is 2. The molecule has 0 radical (unpaired) electrons. The molecule has 4 rings (SSSR count). The van der Waals surface area contributed by atoms with E-state index in [9.17, 15) is 14.7 Å². The van der Waals surface area contributed by atoms with Crippen molar-refractivity contribution in [3.8, 4) is 0 Å².